The van der Waals surface area contributed by atoms with Crippen molar-refractivity contribution in [3.8, 4) is 17.2 Å². The third-order valence-electron chi connectivity index (χ3n) is 3.02. The molecule has 8 nitrogen and oxygen atoms in total. The van der Waals surface area contributed by atoms with E-state index in [9.17, 15) is 14.9 Å². The predicted molar refractivity (Wildman–Crippen MR) is 89.2 cm³/mol. The molecule has 1 aromatic heterocycles. The highest BCUT2D eigenvalue weighted by Crippen LogP contribution is 2.23. The molecule has 3 aromatic rings. The molecule has 0 aliphatic carbocycles. The fraction of sp³-hybridized carbons (Fsp3) is 0.0625. The molecule has 0 radical (unpaired) electrons. The summed E-state index contributed by atoms with van der Waals surface area (Å²) in [5.41, 5.74) is 0.712. The zero-order valence-electron chi connectivity index (χ0n) is 12.7. The zero-order valence-corrected chi connectivity index (χ0v) is 13.5. The molecule has 0 atom stereocenters. The maximum Gasteiger partial charge on any atom is 0.321 e. The van der Waals surface area contributed by atoms with Gasteiger partial charge in [-0.25, -0.2) is 0 Å². The predicted octanol–water partition coefficient (Wildman–Crippen LogP) is 3.34. The van der Waals surface area contributed by atoms with Gasteiger partial charge in [0, 0.05) is 17.7 Å². The lowest BCUT2D eigenvalue weighted by molar-refractivity contribution is -0.384. The summed E-state index contributed by atoms with van der Waals surface area (Å²) in [6.07, 6.45) is 0. The highest BCUT2D eigenvalue weighted by molar-refractivity contribution is 7.99. The first kappa shape index (κ1) is 16.7. The third-order valence-corrected chi connectivity index (χ3v) is 3.81. The molecule has 0 saturated carbocycles. The number of carbonyl (C=O) groups is 1. The number of non-ortho nitro benzene ring substituents is 1. The summed E-state index contributed by atoms with van der Waals surface area (Å²) in [6, 6.07) is 14.5. The summed E-state index contributed by atoms with van der Waals surface area (Å²) >= 11 is 1.05. The fourth-order valence-electron chi connectivity index (χ4n) is 1.88. The van der Waals surface area contributed by atoms with Gasteiger partial charge in [0.05, 0.1) is 4.92 Å². The van der Waals surface area contributed by atoms with Crippen molar-refractivity contribution in [3.05, 3.63) is 64.7 Å². The Morgan fingerprint density at radius 2 is 1.84 bits per heavy atom. The SMILES string of the molecule is O=C(CSc1nnc(-c2ccccc2)o1)Oc1ccc([N+](=O)[O-])cc1. The lowest BCUT2D eigenvalue weighted by Gasteiger charge is -2.02. The van der Waals surface area contributed by atoms with Gasteiger partial charge < -0.3 is 9.15 Å². The van der Waals surface area contributed by atoms with Gasteiger partial charge in [0.25, 0.3) is 10.9 Å². The smallest absolute Gasteiger partial charge is 0.321 e. The van der Waals surface area contributed by atoms with Crippen LogP contribution < -0.4 is 4.74 Å². The maximum atomic E-state index is 11.8. The molecule has 0 aliphatic rings. The second-order valence-electron chi connectivity index (χ2n) is 4.75. The van der Waals surface area contributed by atoms with E-state index in [-0.39, 0.29) is 22.4 Å². The molecule has 0 saturated heterocycles. The van der Waals surface area contributed by atoms with Gasteiger partial charge in [-0.2, -0.15) is 0 Å². The Labute approximate surface area is 146 Å². The standard InChI is InChI=1S/C16H11N3O5S/c20-14(23-13-8-6-12(7-9-13)19(21)22)10-25-16-18-17-15(24-16)11-4-2-1-3-5-11/h1-9H,10H2. The molecule has 1 heterocycles. The number of ether oxygens (including phenoxy) is 1. The zero-order chi connectivity index (χ0) is 17.6. The Hall–Kier alpha value is -3.20. The highest BCUT2D eigenvalue weighted by Gasteiger charge is 2.13. The minimum Gasteiger partial charge on any atom is -0.426 e. The number of nitrogens with zero attached hydrogens (tertiary/aromatic N) is 3. The molecule has 0 N–H and O–H groups in total. The van der Waals surface area contributed by atoms with Crippen LogP contribution in [0.15, 0.2) is 64.2 Å². The van der Waals surface area contributed by atoms with Crippen molar-refractivity contribution in [2.45, 2.75) is 5.22 Å². The molecule has 126 valence electrons. The summed E-state index contributed by atoms with van der Waals surface area (Å²) in [6.45, 7) is 0. The number of nitro benzene ring substituents is 1. The highest BCUT2D eigenvalue weighted by atomic mass is 32.2. The van der Waals surface area contributed by atoms with Crippen molar-refractivity contribution >= 4 is 23.4 Å². The van der Waals surface area contributed by atoms with Gasteiger partial charge in [-0.05, 0) is 24.3 Å². The van der Waals surface area contributed by atoms with Crippen LogP contribution in [0.2, 0.25) is 0 Å². The molecule has 0 aliphatic heterocycles. The molecule has 2 aromatic carbocycles. The summed E-state index contributed by atoms with van der Waals surface area (Å²) in [4.78, 5) is 21.9. The largest absolute Gasteiger partial charge is 0.426 e. The topological polar surface area (TPSA) is 108 Å². The fourth-order valence-corrected chi connectivity index (χ4v) is 2.42. The van der Waals surface area contributed by atoms with Gasteiger partial charge >= 0.3 is 5.97 Å². The molecule has 9 heteroatoms. The van der Waals surface area contributed by atoms with Crippen LogP contribution in [0.4, 0.5) is 5.69 Å². The van der Waals surface area contributed by atoms with Gasteiger partial charge in [0.15, 0.2) is 0 Å². The Bertz CT molecular complexity index is 880. The molecule has 0 bridgehead atoms. The van der Waals surface area contributed by atoms with Gasteiger partial charge in [0.1, 0.15) is 11.5 Å². The van der Waals surface area contributed by atoms with Crippen LogP contribution in [0, 0.1) is 10.1 Å². The van der Waals surface area contributed by atoms with Crippen molar-refractivity contribution in [1.29, 1.82) is 0 Å². The van der Waals surface area contributed by atoms with E-state index in [0.717, 1.165) is 17.3 Å². The van der Waals surface area contributed by atoms with Gasteiger partial charge in [0.2, 0.25) is 5.89 Å². The molecule has 3 rings (SSSR count). The lowest BCUT2D eigenvalue weighted by atomic mass is 10.2. The number of hydrogen-bond acceptors (Lipinski definition) is 8. The molecule has 0 unspecified atom stereocenters. The van der Waals surface area contributed by atoms with Crippen molar-refractivity contribution in [3.63, 3.8) is 0 Å². The number of rotatable bonds is 6. The summed E-state index contributed by atoms with van der Waals surface area (Å²) in [7, 11) is 0. The van der Waals surface area contributed by atoms with E-state index in [0.29, 0.717) is 5.89 Å². The Morgan fingerprint density at radius 3 is 2.52 bits per heavy atom. The number of carbonyl (C=O) groups excluding carboxylic acids is 1. The number of esters is 1. The molecular formula is C16H11N3O5S. The van der Waals surface area contributed by atoms with Crippen LogP contribution in [-0.4, -0.2) is 26.8 Å². The monoisotopic (exact) mass is 357 g/mol. The average Bonchev–Trinajstić information content (AvgIpc) is 3.10. The first-order valence-corrected chi connectivity index (χ1v) is 8.07. The Balaban J connectivity index is 1.54. The van der Waals surface area contributed by atoms with E-state index in [1.54, 1.807) is 0 Å². The summed E-state index contributed by atoms with van der Waals surface area (Å²) in [5.74, 6) is 0.0322. The number of thioether (sulfide) groups is 1. The van der Waals surface area contributed by atoms with Crippen LogP contribution in [0.5, 0.6) is 5.75 Å². The summed E-state index contributed by atoms with van der Waals surface area (Å²) < 4.78 is 10.6. The molecule has 25 heavy (non-hydrogen) atoms. The molecular weight excluding hydrogens is 346 g/mol. The van der Waals surface area contributed by atoms with Crippen LogP contribution >= 0.6 is 11.8 Å². The Morgan fingerprint density at radius 1 is 1.12 bits per heavy atom. The van der Waals surface area contributed by atoms with Crippen LogP contribution in [0.1, 0.15) is 0 Å². The third kappa shape index (κ3) is 4.42. The molecule has 0 spiro atoms. The number of hydrogen-bond donors (Lipinski definition) is 0. The lowest BCUT2D eigenvalue weighted by Crippen LogP contribution is -2.10. The second-order valence-corrected chi connectivity index (χ2v) is 5.68. The van der Waals surface area contributed by atoms with Gasteiger partial charge in [-0.1, -0.05) is 30.0 Å². The van der Waals surface area contributed by atoms with Crippen LogP contribution in [0.25, 0.3) is 11.5 Å². The van der Waals surface area contributed by atoms with Gasteiger partial charge in [-0.3, -0.25) is 14.9 Å². The van der Waals surface area contributed by atoms with E-state index < -0.39 is 10.9 Å². The minimum absolute atomic E-state index is 0.0343. The van der Waals surface area contributed by atoms with Crippen LogP contribution in [-0.2, 0) is 4.79 Å². The number of nitro groups is 1. The minimum atomic E-state index is -0.529. The van der Waals surface area contributed by atoms with Crippen molar-refractivity contribution in [1.82, 2.24) is 10.2 Å². The first-order valence-electron chi connectivity index (χ1n) is 7.08. The quantitative estimate of drug-likeness (QED) is 0.217. The molecule has 0 amide bonds. The second kappa shape index (κ2) is 7.58. The van der Waals surface area contributed by atoms with E-state index in [2.05, 4.69) is 10.2 Å². The van der Waals surface area contributed by atoms with E-state index in [1.165, 1.54) is 24.3 Å². The van der Waals surface area contributed by atoms with E-state index in [4.69, 9.17) is 9.15 Å². The van der Waals surface area contributed by atoms with Crippen molar-refractivity contribution < 1.29 is 18.9 Å². The van der Waals surface area contributed by atoms with Crippen molar-refractivity contribution in [2.75, 3.05) is 5.75 Å². The first-order chi connectivity index (χ1) is 12.1. The van der Waals surface area contributed by atoms with Crippen LogP contribution in [0.3, 0.4) is 0 Å². The maximum absolute atomic E-state index is 11.8. The number of benzene rings is 2. The molecule has 0 fully saturated rings. The average molecular weight is 357 g/mol. The van der Waals surface area contributed by atoms with E-state index in [1.807, 2.05) is 30.3 Å². The Kier molecular flexibility index (Phi) is 5.05. The van der Waals surface area contributed by atoms with Gasteiger partial charge in [-0.15, -0.1) is 10.2 Å². The van der Waals surface area contributed by atoms with E-state index >= 15 is 0 Å². The number of aromatic nitrogens is 2. The normalized spacial score (nSPS) is 10.4. The summed E-state index contributed by atoms with van der Waals surface area (Å²) in [5, 5.41) is 18.6. The van der Waals surface area contributed by atoms with Crippen molar-refractivity contribution in [2.24, 2.45) is 0 Å².